The van der Waals surface area contributed by atoms with E-state index < -0.39 is 0 Å². The van der Waals surface area contributed by atoms with E-state index in [1.165, 1.54) is 11.6 Å². The van der Waals surface area contributed by atoms with Gasteiger partial charge in [-0.2, -0.15) is 11.3 Å². The zero-order valence-electron chi connectivity index (χ0n) is 11.8. The Balaban J connectivity index is 1.61. The average molecular weight is 303 g/mol. The zero-order valence-corrected chi connectivity index (χ0v) is 12.6. The maximum absolute atomic E-state index is 13.6. The Kier molecular flexibility index (Phi) is 4.34. The fourth-order valence-corrected chi connectivity index (χ4v) is 3.13. The van der Waals surface area contributed by atoms with Gasteiger partial charge in [0.2, 0.25) is 5.91 Å². The van der Waals surface area contributed by atoms with Gasteiger partial charge in [-0.05, 0) is 53.3 Å². The van der Waals surface area contributed by atoms with Crippen LogP contribution in [0.25, 0.3) is 0 Å². The molecule has 1 aromatic carbocycles. The summed E-state index contributed by atoms with van der Waals surface area (Å²) in [6.45, 7) is 0.685. The van der Waals surface area contributed by atoms with E-state index in [4.69, 9.17) is 0 Å². The number of carbonyl (C=O) groups excluding carboxylic acids is 1. The summed E-state index contributed by atoms with van der Waals surface area (Å²) in [6.07, 6.45) is 3.03. The molecule has 0 N–H and O–H groups in total. The van der Waals surface area contributed by atoms with Gasteiger partial charge in [-0.1, -0.05) is 18.2 Å². The van der Waals surface area contributed by atoms with Crippen molar-refractivity contribution in [1.29, 1.82) is 0 Å². The number of thiophene rings is 1. The second-order valence-electron chi connectivity index (χ2n) is 5.48. The largest absolute Gasteiger partial charge is 0.335 e. The van der Waals surface area contributed by atoms with Crippen molar-refractivity contribution in [3.63, 3.8) is 0 Å². The number of hydrogen-bond acceptors (Lipinski definition) is 2. The molecule has 1 fully saturated rings. The minimum absolute atomic E-state index is 0.131. The first-order valence-corrected chi connectivity index (χ1v) is 8.22. The lowest BCUT2D eigenvalue weighted by Gasteiger charge is -2.22. The number of carbonyl (C=O) groups is 1. The van der Waals surface area contributed by atoms with E-state index >= 15 is 0 Å². The lowest BCUT2D eigenvalue weighted by atomic mass is 10.1. The van der Waals surface area contributed by atoms with Crippen molar-refractivity contribution in [1.82, 2.24) is 4.90 Å². The van der Waals surface area contributed by atoms with Gasteiger partial charge < -0.3 is 4.90 Å². The molecule has 1 aliphatic rings. The summed E-state index contributed by atoms with van der Waals surface area (Å²) in [5.41, 5.74) is 1.81. The van der Waals surface area contributed by atoms with Crippen LogP contribution in [0.2, 0.25) is 0 Å². The van der Waals surface area contributed by atoms with Gasteiger partial charge in [0.25, 0.3) is 0 Å². The molecular formula is C17H18FNOS. The van der Waals surface area contributed by atoms with Crippen molar-refractivity contribution in [3.05, 3.63) is 58.0 Å². The summed E-state index contributed by atoms with van der Waals surface area (Å²) in [5.74, 6) is -0.0898. The van der Waals surface area contributed by atoms with Crippen molar-refractivity contribution in [3.8, 4) is 0 Å². The molecule has 2 aromatic rings. The summed E-state index contributed by atoms with van der Waals surface area (Å²) >= 11 is 1.65. The Morgan fingerprint density at radius 1 is 1.29 bits per heavy atom. The Morgan fingerprint density at radius 3 is 2.76 bits per heavy atom. The first-order valence-electron chi connectivity index (χ1n) is 7.28. The summed E-state index contributed by atoms with van der Waals surface area (Å²) in [6, 6.07) is 9.13. The van der Waals surface area contributed by atoms with Gasteiger partial charge in [0, 0.05) is 19.0 Å². The summed E-state index contributed by atoms with van der Waals surface area (Å²) < 4.78 is 13.6. The molecule has 1 amide bonds. The van der Waals surface area contributed by atoms with Gasteiger partial charge >= 0.3 is 0 Å². The highest BCUT2D eigenvalue weighted by Crippen LogP contribution is 2.29. The molecule has 2 nitrogen and oxygen atoms in total. The van der Waals surface area contributed by atoms with Crippen molar-refractivity contribution in [2.45, 2.75) is 38.3 Å². The van der Waals surface area contributed by atoms with Gasteiger partial charge in [0.05, 0.1) is 0 Å². The van der Waals surface area contributed by atoms with Gasteiger partial charge in [-0.3, -0.25) is 4.79 Å². The first-order chi connectivity index (χ1) is 10.2. The molecule has 0 atom stereocenters. The van der Waals surface area contributed by atoms with Crippen LogP contribution in [0.3, 0.4) is 0 Å². The number of halogens is 1. The van der Waals surface area contributed by atoms with Gasteiger partial charge in [-0.15, -0.1) is 0 Å². The van der Waals surface area contributed by atoms with Crippen LogP contribution in [0.1, 0.15) is 30.4 Å². The molecule has 0 unspecified atom stereocenters. The third kappa shape index (κ3) is 3.70. The Morgan fingerprint density at radius 2 is 2.10 bits per heavy atom. The highest BCUT2D eigenvalue weighted by atomic mass is 32.1. The van der Waals surface area contributed by atoms with Crippen LogP contribution >= 0.6 is 11.3 Å². The molecule has 1 heterocycles. The standard InChI is InChI=1S/C17H18FNOS/c18-16-4-2-1-3-14(16)5-8-17(20)19(15-6-7-15)11-13-9-10-21-12-13/h1-4,9-10,12,15H,5-8,11H2. The van der Waals surface area contributed by atoms with Crippen LogP contribution in [-0.4, -0.2) is 16.8 Å². The molecule has 110 valence electrons. The van der Waals surface area contributed by atoms with E-state index in [0.29, 0.717) is 31.0 Å². The molecule has 1 aliphatic carbocycles. The Hall–Kier alpha value is -1.68. The minimum Gasteiger partial charge on any atom is -0.335 e. The van der Waals surface area contributed by atoms with E-state index in [2.05, 4.69) is 11.4 Å². The van der Waals surface area contributed by atoms with E-state index in [-0.39, 0.29) is 11.7 Å². The number of nitrogens with zero attached hydrogens (tertiary/aromatic N) is 1. The number of rotatable bonds is 6. The van der Waals surface area contributed by atoms with Crippen LogP contribution in [0.4, 0.5) is 4.39 Å². The van der Waals surface area contributed by atoms with Crippen molar-refractivity contribution >= 4 is 17.2 Å². The fourth-order valence-electron chi connectivity index (χ4n) is 2.47. The number of benzene rings is 1. The van der Waals surface area contributed by atoms with Gasteiger partial charge in [-0.25, -0.2) is 4.39 Å². The maximum Gasteiger partial charge on any atom is 0.223 e. The van der Waals surface area contributed by atoms with Crippen molar-refractivity contribution in [2.75, 3.05) is 0 Å². The summed E-state index contributed by atoms with van der Waals surface area (Å²) in [4.78, 5) is 14.4. The third-order valence-electron chi connectivity index (χ3n) is 3.81. The first kappa shape index (κ1) is 14.3. The molecule has 0 radical (unpaired) electrons. The molecular weight excluding hydrogens is 285 g/mol. The SMILES string of the molecule is O=C(CCc1ccccc1F)N(Cc1ccsc1)C1CC1. The van der Waals surface area contributed by atoms with Crippen LogP contribution in [0, 0.1) is 5.82 Å². The van der Waals surface area contributed by atoms with Crippen LogP contribution in [0.5, 0.6) is 0 Å². The second-order valence-corrected chi connectivity index (χ2v) is 6.26. The van der Waals surface area contributed by atoms with Gasteiger partial charge in [0.15, 0.2) is 0 Å². The van der Waals surface area contributed by atoms with Gasteiger partial charge in [0.1, 0.15) is 5.82 Å². The van der Waals surface area contributed by atoms with E-state index in [1.807, 2.05) is 16.3 Å². The molecule has 0 saturated heterocycles. The van der Waals surface area contributed by atoms with Crippen molar-refractivity contribution < 1.29 is 9.18 Å². The molecule has 4 heteroatoms. The smallest absolute Gasteiger partial charge is 0.223 e. The zero-order chi connectivity index (χ0) is 14.7. The van der Waals surface area contributed by atoms with E-state index in [0.717, 1.165) is 12.8 Å². The Labute approximate surface area is 128 Å². The minimum atomic E-state index is -0.221. The third-order valence-corrected chi connectivity index (χ3v) is 4.54. The molecule has 3 rings (SSSR count). The lowest BCUT2D eigenvalue weighted by Crippen LogP contribution is -2.32. The predicted molar refractivity (Wildman–Crippen MR) is 82.6 cm³/mol. The molecule has 1 saturated carbocycles. The van der Waals surface area contributed by atoms with Crippen LogP contribution in [-0.2, 0) is 17.8 Å². The number of amides is 1. The highest BCUT2D eigenvalue weighted by molar-refractivity contribution is 7.07. The monoisotopic (exact) mass is 303 g/mol. The summed E-state index contributed by atoms with van der Waals surface area (Å²) in [7, 11) is 0. The highest BCUT2D eigenvalue weighted by Gasteiger charge is 2.32. The number of aryl methyl sites for hydroxylation is 1. The maximum atomic E-state index is 13.6. The van der Waals surface area contributed by atoms with Crippen LogP contribution < -0.4 is 0 Å². The Bertz CT molecular complexity index is 607. The van der Waals surface area contributed by atoms with Crippen molar-refractivity contribution in [2.24, 2.45) is 0 Å². The molecule has 1 aromatic heterocycles. The normalized spacial score (nSPS) is 14.1. The molecule has 21 heavy (non-hydrogen) atoms. The fraction of sp³-hybridized carbons (Fsp3) is 0.353. The van der Waals surface area contributed by atoms with E-state index in [1.54, 1.807) is 23.5 Å². The average Bonchev–Trinajstić information content (AvgIpc) is 3.20. The predicted octanol–water partition coefficient (Wildman–Crippen LogP) is 4.01. The molecule has 0 bridgehead atoms. The topological polar surface area (TPSA) is 20.3 Å². The second kappa shape index (κ2) is 6.39. The quantitative estimate of drug-likeness (QED) is 0.789. The number of hydrogen-bond donors (Lipinski definition) is 0. The molecule has 0 spiro atoms. The molecule has 0 aliphatic heterocycles. The summed E-state index contributed by atoms with van der Waals surface area (Å²) in [5, 5.41) is 4.11. The lowest BCUT2D eigenvalue weighted by molar-refractivity contribution is -0.132. The van der Waals surface area contributed by atoms with E-state index in [9.17, 15) is 9.18 Å². The van der Waals surface area contributed by atoms with Crippen LogP contribution in [0.15, 0.2) is 41.1 Å².